The van der Waals surface area contributed by atoms with Gasteiger partial charge in [-0.25, -0.2) is 4.39 Å². The van der Waals surface area contributed by atoms with Gasteiger partial charge in [-0.05, 0) is 42.3 Å². The summed E-state index contributed by atoms with van der Waals surface area (Å²) in [6, 6.07) is 12.3. The Balaban J connectivity index is 2.04. The molecule has 1 nitrogen and oxygen atoms in total. The summed E-state index contributed by atoms with van der Waals surface area (Å²) >= 11 is 11.9. The molecule has 2 rings (SSSR count). The zero-order valence-corrected chi connectivity index (χ0v) is 12.0. The molecule has 2 aromatic carbocycles. The Kier molecular flexibility index (Phi) is 4.81. The third-order valence-corrected chi connectivity index (χ3v) is 3.47. The fraction of sp³-hybridized carbons (Fsp3) is 0.200. The van der Waals surface area contributed by atoms with Gasteiger partial charge in [-0.15, -0.1) is 0 Å². The SMILES string of the molecule is CC(NCc1cc(F)cc(Cl)c1)c1ccccc1Cl. The second-order valence-corrected chi connectivity index (χ2v) is 5.25. The van der Waals surface area contributed by atoms with Crippen molar-refractivity contribution >= 4 is 23.2 Å². The van der Waals surface area contributed by atoms with Gasteiger partial charge in [0.05, 0.1) is 0 Å². The molecule has 0 spiro atoms. The number of halogens is 3. The van der Waals surface area contributed by atoms with E-state index in [2.05, 4.69) is 5.32 Å². The molecule has 0 aromatic heterocycles. The second-order valence-electron chi connectivity index (χ2n) is 4.40. The third kappa shape index (κ3) is 3.93. The zero-order valence-electron chi connectivity index (χ0n) is 10.5. The minimum absolute atomic E-state index is 0.0794. The second kappa shape index (κ2) is 6.38. The molecule has 0 bridgehead atoms. The fourth-order valence-electron chi connectivity index (χ4n) is 1.92. The van der Waals surface area contributed by atoms with Crippen LogP contribution in [0.1, 0.15) is 24.1 Å². The predicted molar refractivity (Wildman–Crippen MR) is 78.1 cm³/mol. The Hall–Kier alpha value is -1.09. The number of hydrogen-bond donors (Lipinski definition) is 1. The lowest BCUT2D eigenvalue weighted by Gasteiger charge is -2.15. The van der Waals surface area contributed by atoms with Gasteiger partial charge in [0.25, 0.3) is 0 Å². The lowest BCUT2D eigenvalue weighted by Crippen LogP contribution is -2.18. The first-order valence-corrected chi connectivity index (χ1v) is 6.74. The average molecular weight is 298 g/mol. The molecule has 0 radical (unpaired) electrons. The molecule has 0 fully saturated rings. The lowest BCUT2D eigenvalue weighted by atomic mass is 10.1. The molecule has 1 unspecified atom stereocenters. The normalized spacial score (nSPS) is 12.4. The molecule has 4 heteroatoms. The van der Waals surface area contributed by atoms with Crippen LogP contribution in [0, 0.1) is 5.82 Å². The van der Waals surface area contributed by atoms with Crippen LogP contribution in [0.4, 0.5) is 4.39 Å². The average Bonchev–Trinajstić information content (AvgIpc) is 2.35. The molecule has 100 valence electrons. The van der Waals surface area contributed by atoms with Crippen molar-refractivity contribution in [3.63, 3.8) is 0 Å². The van der Waals surface area contributed by atoms with Gasteiger partial charge in [-0.3, -0.25) is 0 Å². The van der Waals surface area contributed by atoms with E-state index in [1.54, 1.807) is 6.07 Å². The van der Waals surface area contributed by atoms with Crippen LogP contribution in [-0.4, -0.2) is 0 Å². The van der Waals surface area contributed by atoms with Gasteiger partial charge >= 0.3 is 0 Å². The van der Waals surface area contributed by atoms with Crippen molar-refractivity contribution in [1.29, 1.82) is 0 Å². The highest BCUT2D eigenvalue weighted by atomic mass is 35.5. The molecule has 0 aliphatic carbocycles. The maximum Gasteiger partial charge on any atom is 0.125 e. The van der Waals surface area contributed by atoms with E-state index >= 15 is 0 Å². The Morgan fingerprint density at radius 2 is 1.89 bits per heavy atom. The highest BCUT2D eigenvalue weighted by Crippen LogP contribution is 2.22. The molecule has 0 saturated carbocycles. The quantitative estimate of drug-likeness (QED) is 0.839. The zero-order chi connectivity index (χ0) is 13.8. The summed E-state index contributed by atoms with van der Waals surface area (Å²) in [6.45, 7) is 2.55. The van der Waals surface area contributed by atoms with Crippen molar-refractivity contribution in [2.45, 2.75) is 19.5 Å². The summed E-state index contributed by atoms with van der Waals surface area (Å²) in [6.07, 6.45) is 0. The first-order valence-electron chi connectivity index (χ1n) is 5.99. The van der Waals surface area contributed by atoms with E-state index in [1.165, 1.54) is 12.1 Å². The van der Waals surface area contributed by atoms with Crippen LogP contribution in [0.15, 0.2) is 42.5 Å². The molecule has 1 N–H and O–H groups in total. The molecule has 19 heavy (non-hydrogen) atoms. The number of rotatable bonds is 4. The number of nitrogens with one attached hydrogen (secondary N) is 1. The third-order valence-electron chi connectivity index (χ3n) is 2.91. The largest absolute Gasteiger partial charge is 0.306 e. The van der Waals surface area contributed by atoms with Gasteiger partial charge in [-0.1, -0.05) is 41.4 Å². The monoisotopic (exact) mass is 297 g/mol. The van der Waals surface area contributed by atoms with Crippen molar-refractivity contribution in [2.75, 3.05) is 0 Å². The molecular formula is C15H14Cl2FN. The summed E-state index contributed by atoms with van der Waals surface area (Å²) in [7, 11) is 0. The van der Waals surface area contributed by atoms with Crippen molar-refractivity contribution in [3.8, 4) is 0 Å². The predicted octanol–water partition coefficient (Wildman–Crippen LogP) is 4.98. The summed E-state index contributed by atoms with van der Waals surface area (Å²) in [5.74, 6) is -0.324. The molecule has 0 saturated heterocycles. The van der Waals surface area contributed by atoms with Crippen LogP contribution in [0.5, 0.6) is 0 Å². The van der Waals surface area contributed by atoms with E-state index in [-0.39, 0.29) is 11.9 Å². The van der Waals surface area contributed by atoms with Gasteiger partial charge in [0.1, 0.15) is 5.82 Å². The van der Waals surface area contributed by atoms with E-state index in [0.29, 0.717) is 11.6 Å². The maximum atomic E-state index is 13.2. The van der Waals surface area contributed by atoms with Crippen LogP contribution >= 0.6 is 23.2 Å². The topological polar surface area (TPSA) is 12.0 Å². The molecular weight excluding hydrogens is 284 g/mol. The van der Waals surface area contributed by atoms with Gasteiger partial charge in [-0.2, -0.15) is 0 Å². The standard InChI is InChI=1S/C15H14Cl2FN/c1-10(14-4-2-3-5-15(14)17)19-9-11-6-12(16)8-13(18)7-11/h2-8,10,19H,9H2,1H3. The smallest absolute Gasteiger partial charge is 0.125 e. The maximum absolute atomic E-state index is 13.2. The van der Waals surface area contributed by atoms with Crippen molar-refractivity contribution < 1.29 is 4.39 Å². The Morgan fingerprint density at radius 3 is 2.58 bits per heavy atom. The van der Waals surface area contributed by atoms with Crippen LogP contribution in [0.2, 0.25) is 10.0 Å². The molecule has 0 heterocycles. The van der Waals surface area contributed by atoms with E-state index < -0.39 is 0 Å². The first-order chi connectivity index (χ1) is 9.06. The van der Waals surface area contributed by atoms with Crippen LogP contribution in [0.25, 0.3) is 0 Å². The number of benzene rings is 2. The molecule has 0 aliphatic rings. The van der Waals surface area contributed by atoms with Crippen molar-refractivity contribution in [1.82, 2.24) is 5.32 Å². The van der Waals surface area contributed by atoms with Gasteiger partial charge in [0, 0.05) is 22.6 Å². The van der Waals surface area contributed by atoms with Crippen LogP contribution in [0.3, 0.4) is 0 Å². The van der Waals surface area contributed by atoms with Gasteiger partial charge < -0.3 is 5.32 Å². The number of hydrogen-bond acceptors (Lipinski definition) is 1. The Bertz CT molecular complexity index is 552. The summed E-state index contributed by atoms with van der Waals surface area (Å²) in [5.41, 5.74) is 1.83. The highest BCUT2D eigenvalue weighted by molar-refractivity contribution is 6.31. The minimum Gasteiger partial charge on any atom is -0.306 e. The summed E-state index contributed by atoms with van der Waals surface area (Å²) in [5, 5.41) is 4.43. The first kappa shape index (κ1) is 14.3. The minimum atomic E-state index is -0.324. The highest BCUT2D eigenvalue weighted by Gasteiger charge is 2.08. The van der Waals surface area contributed by atoms with E-state index in [4.69, 9.17) is 23.2 Å². The molecule has 2 aromatic rings. The van der Waals surface area contributed by atoms with Crippen molar-refractivity contribution in [2.24, 2.45) is 0 Å². The summed E-state index contributed by atoms with van der Waals surface area (Å²) in [4.78, 5) is 0. The van der Waals surface area contributed by atoms with Gasteiger partial charge in [0.2, 0.25) is 0 Å². The van der Waals surface area contributed by atoms with E-state index in [1.807, 2.05) is 31.2 Å². The summed E-state index contributed by atoms with van der Waals surface area (Å²) < 4.78 is 13.2. The van der Waals surface area contributed by atoms with Crippen LogP contribution < -0.4 is 5.32 Å². The molecule has 0 amide bonds. The molecule has 0 aliphatic heterocycles. The van der Waals surface area contributed by atoms with E-state index in [0.717, 1.165) is 16.1 Å². The molecule has 1 atom stereocenters. The van der Waals surface area contributed by atoms with E-state index in [9.17, 15) is 4.39 Å². The van der Waals surface area contributed by atoms with Gasteiger partial charge in [0.15, 0.2) is 0 Å². The van der Waals surface area contributed by atoms with Crippen LogP contribution in [-0.2, 0) is 6.54 Å². The Morgan fingerprint density at radius 1 is 1.16 bits per heavy atom. The fourth-order valence-corrected chi connectivity index (χ4v) is 2.46. The Labute approximate surface area is 122 Å². The van der Waals surface area contributed by atoms with Crippen molar-refractivity contribution in [3.05, 3.63) is 69.5 Å². The lowest BCUT2D eigenvalue weighted by molar-refractivity contribution is 0.569.